The molecular weight excluding hydrogens is 234 g/mol. The average Bonchev–Trinajstić information content (AvgIpc) is 2.64. The van der Waals surface area contributed by atoms with Crippen LogP contribution in [0.5, 0.6) is 5.75 Å². The summed E-state index contributed by atoms with van der Waals surface area (Å²) in [6.45, 7) is 7.40. The predicted octanol–water partition coefficient (Wildman–Crippen LogP) is 3.86. The third-order valence-electron chi connectivity index (χ3n) is 3.26. The Morgan fingerprint density at radius 1 is 1.35 bits per heavy atom. The Kier molecular flexibility index (Phi) is 3.95. The Hall–Kier alpha value is -0.730. The molecule has 2 atom stereocenters. The standard InChI is InChI=1S/C14H20ClNO/c1-4-6-16-13-11-8-10(15)7-9(3)14(11)17-12(13)5-2/h7-8,12-13,16H,4-6H2,1-3H3. The molecule has 0 saturated heterocycles. The van der Waals surface area contributed by atoms with Gasteiger partial charge in [-0.25, -0.2) is 0 Å². The lowest BCUT2D eigenvalue weighted by Gasteiger charge is -2.18. The van der Waals surface area contributed by atoms with Crippen LogP contribution >= 0.6 is 11.6 Å². The van der Waals surface area contributed by atoms with Gasteiger partial charge in [-0.1, -0.05) is 25.4 Å². The number of rotatable bonds is 4. The van der Waals surface area contributed by atoms with Crippen LogP contribution in [0.4, 0.5) is 0 Å². The molecule has 1 aromatic carbocycles. The van der Waals surface area contributed by atoms with E-state index in [-0.39, 0.29) is 12.1 Å². The zero-order valence-corrected chi connectivity index (χ0v) is 11.5. The van der Waals surface area contributed by atoms with Gasteiger partial charge in [0.1, 0.15) is 11.9 Å². The zero-order chi connectivity index (χ0) is 12.4. The summed E-state index contributed by atoms with van der Waals surface area (Å²) in [4.78, 5) is 0. The first-order valence-corrected chi connectivity index (χ1v) is 6.75. The SMILES string of the molecule is CCCNC1c2cc(Cl)cc(C)c2OC1CC. The average molecular weight is 254 g/mol. The Bertz CT molecular complexity index is 405. The molecule has 0 bridgehead atoms. The van der Waals surface area contributed by atoms with Crippen molar-refractivity contribution in [3.63, 3.8) is 0 Å². The van der Waals surface area contributed by atoms with Crippen LogP contribution in [0.15, 0.2) is 12.1 Å². The van der Waals surface area contributed by atoms with Crippen molar-refractivity contribution in [3.8, 4) is 5.75 Å². The largest absolute Gasteiger partial charge is 0.488 e. The highest BCUT2D eigenvalue weighted by molar-refractivity contribution is 6.30. The van der Waals surface area contributed by atoms with Crippen molar-refractivity contribution in [1.29, 1.82) is 0 Å². The minimum absolute atomic E-state index is 0.230. The second-order valence-corrected chi connectivity index (χ2v) is 5.07. The maximum absolute atomic E-state index is 6.14. The summed E-state index contributed by atoms with van der Waals surface area (Å²) >= 11 is 6.14. The molecule has 2 unspecified atom stereocenters. The second kappa shape index (κ2) is 5.28. The lowest BCUT2D eigenvalue weighted by molar-refractivity contribution is 0.184. The van der Waals surface area contributed by atoms with Gasteiger partial charge in [-0.05, 0) is 44.0 Å². The van der Waals surface area contributed by atoms with Crippen LogP contribution in [-0.4, -0.2) is 12.6 Å². The fraction of sp³-hybridized carbons (Fsp3) is 0.571. The zero-order valence-electron chi connectivity index (χ0n) is 10.7. The number of halogens is 1. The first-order valence-electron chi connectivity index (χ1n) is 6.37. The Labute approximate surface area is 108 Å². The van der Waals surface area contributed by atoms with E-state index in [2.05, 4.69) is 26.1 Å². The number of benzene rings is 1. The van der Waals surface area contributed by atoms with Gasteiger partial charge in [-0.2, -0.15) is 0 Å². The third-order valence-corrected chi connectivity index (χ3v) is 3.48. The molecule has 0 aromatic heterocycles. The smallest absolute Gasteiger partial charge is 0.127 e. The van der Waals surface area contributed by atoms with Gasteiger partial charge >= 0.3 is 0 Å². The van der Waals surface area contributed by atoms with Crippen molar-refractivity contribution in [2.45, 2.75) is 45.8 Å². The van der Waals surface area contributed by atoms with Gasteiger partial charge in [0.2, 0.25) is 0 Å². The molecule has 0 fully saturated rings. The third kappa shape index (κ3) is 2.43. The van der Waals surface area contributed by atoms with Crippen molar-refractivity contribution in [3.05, 3.63) is 28.3 Å². The predicted molar refractivity (Wildman–Crippen MR) is 71.9 cm³/mol. The first-order chi connectivity index (χ1) is 8.17. The molecule has 0 saturated carbocycles. The maximum Gasteiger partial charge on any atom is 0.127 e. The molecular formula is C14H20ClNO. The Balaban J connectivity index is 2.33. The number of ether oxygens (including phenoxy) is 1. The van der Waals surface area contributed by atoms with Crippen molar-refractivity contribution in [2.75, 3.05) is 6.54 Å². The van der Waals surface area contributed by atoms with Crippen molar-refractivity contribution in [1.82, 2.24) is 5.32 Å². The molecule has 1 N–H and O–H groups in total. The number of hydrogen-bond acceptors (Lipinski definition) is 2. The van der Waals surface area contributed by atoms with E-state index in [0.717, 1.165) is 35.7 Å². The molecule has 1 aromatic rings. The molecule has 0 spiro atoms. The van der Waals surface area contributed by atoms with Gasteiger partial charge in [0.25, 0.3) is 0 Å². The Morgan fingerprint density at radius 3 is 2.76 bits per heavy atom. The van der Waals surface area contributed by atoms with Crippen LogP contribution in [0, 0.1) is 6.92 Å². The summed E-state index contributed by atoms with van der Waals surface area (Å²) in [6, 6.07) is 4.29. The normalized spacial score (nSPS) is 22.4. The molecule has 0 aliphatic carbocycles. The summed E-state index contributed by atoms with van der Waals surface area (Å²) in [5, 5.41) is 4.36. The molecule has 0 radical (unpaired) electrons. The van der Waals surface area contributed by atoms with E-state index >= 15 is 0 Å². The molecule has 1 heterocycles. The number of nitrogens with one attached hydrogen (secondary N) is 1. The van der Waals surface area contributed by atoms with E-state index in [1.54, 1.807) is 0 Å². The monoisotopic (exact) mass is 253 g/mol. The molecule has 3 heteroatoms. The minimum Gasteiger partial charge on any atom is -0.488 e. The van der Waals surface area contributed by atoms with E-state index < -0.39 is 0 Å². The van der Waals surface area contributed by atoms with Gasteiger partial charge in [0.15, 0.2) is 0 Å². The summed E-state index contributed by atoms with van der Waals surface area (Å²) in [5.74, 6) is 1.02. The lowest BCUT2D eigenvalue weighted by atomic mass is 10.0. The van der Waals surface area contributed by atoms with Crippen molar-refractivity contribution >= 4 is 11.6 Å². The van der Waals surface area contributed by atoms with Crippen LogP contribution in [0.1, 0.15) is 43.9 Å². The highest BCUT2D eigenvalue weighted by atomic mass is 35.5. The highest BCUT2D eigenvalue weighted by Gasteiger charge is 2.33. The van der Waals surface area contributed by atoms with E-state index in [4.69, 9.17) is 16.3 Å². The highest BCUT2D eigenvalue weighted by Crippen LogP contribution is 2.41. The summed E-state index contributed by atoms with van der Waals surface area (Å²) in [7, 11) is 0. The summed E-state index contributed by atoms with van der Waals surface area (Å²) in [5.41, 5.74) is 2.35. The fourth-order valence-electron chi connectivity index (χ4n) is 2.43. The number of aryl methyl sites for hydroxylation is 1. The molecule has 0 amide bonds. The fourth-order valence-corrected chi connectivity index (χ4v) is 2.71. The molecule has 2 nitrogen and oxygen atoms in total. The van der Waals surface area contributed by atoms with Crippen LogP contribution in [-0.2, 0) is 0 Å². The van der Waals surface area contributed by atoms with Crippen LogP contribution < -0.4 is 10.1 Å². The number of hydrogen-bond donors (Lipinski definition) is 1. The van der Waals surface area contributed by atoms with Gasteiger partial charge in [-0.15, -0.1) is 0 Å². The summed E-state index contributed by atoms with van der Waals surface area (Å²) < 4.78 is 6.03. The molecule has 1 aliphatic heterocycles. The lowest BCUT2D eigenvalue weighted by Crippen LogP contribution is -2.31. The molecule has 1 aliphatic rings. The van der Waals surface area contributed by atoms with Crippen molar-refractivity contribution < 1.29 is 4.74 Å². The van der Waals surface area contributed by atoms with E-state index in [9.17, 15) is 0 Å². The van der Waals surface area contributed by atoms with Crippen LogP contribution in [0.3, 0.4) is 0 Å². The van der Waals surface area contributed by atoms with Gasteiger partial charge < -0.3 is 10.1 Å². The minimum atomic E-state index is 0.230. The van der Waals surface area contributed by atoms with Crippen LogP contribution in [0.2, 0.25) is 5.02 Å². The molecule has 94 valence electrons. The van der Waals surface area contributed by atoms with Crippen molar-refractivity contribution in [2.24, 2.45) is 0 Å². The summed E-state index contributed by atoms with van der Waals surface area (Å²) in [6.07, 6.45) is 2.36. The van der Waals surface area contributed by atoms with E-state index in [1.807, 2.05) is 12.1 Å². The van der Waals surface area contributed by atoms with Gasteiger partial charge in [0, 0.05) is 10.6 Å². The first kappa shape index (κ1) is 12.7. The second-order valence-electron chi connectivity index (χ2n) is 4.64. The topological polar surface area (TPSA) is 21.3 Å². The van der Waals surface area contributed by atoms with E-state index in [0.29, 0.717) is 0 Å². The maximum atomic E-state index is 6.14. The molecule has 17 heavy (non-hydrogen) atoms. The van der Waals surface area contributed by atoms with Gasteiger partial charge in [0.05, 0.1) is 6.04 Å². The quantitative estimate of drug-likeness (QED) is 0.880. The Morgan fingerprint density at radius 2 is 2.12 bits per heavy atom. The van der Waals surface area contributed by atoms with Crippen LogP contribution in [0.25, 0.3) is 0 Å². The van der Waals surface area contributed by atoms with Gasteiger partial charge in [-0.3, -0.25) is 0 Å². The van der Waals surface area contributed by atoms with E-state index in [1.165, 1.54) is 5.56 Å². The number of fused-ring (bicyclic) bond motifs is 1. The molecule has 2 rings (SSSR count).